The summed E-state index contributed by atoms with van der Waals surface area (Å²) in [6, 6.07) is 3.38. The first-order valence-electron chi connectivity index (χ1n) is 4.69. The highest BCUT2D eigenvalue weighted by atomic mass is 79.9. The predicted molar refractivity (Wildman–Crippen MR) is 63.2 cm³/mol. The van der Waals surface area contributed by atoms with E-state index in [0.29, 0.717) is 12.1 Å². The van der Waals surface area contributed by atoms with Gasteiger partial charge in [-0.15, -0.1) is 0 Å². The normalized spacial score (nSPS) is 11.3. The number of nitrogens with two attached hydrogens (primary N) is 1. The molecule has 0 atom stereocenters. The fraction of sp³-hybridized carbons (Fsp3) is 0.273. The summed E-state index contributed by atoms with van der Waals surface area (Å²) in [5, 5.41) is 0.893. The molecular formula is C11H12BrFN2. The van der Waals surface area contributed by atoms with Crippen molar-refractivity contribution in [1.82, 2.24) is 4.57 Å². The molecule has 2 nitrogen and oxygen atoms in total. The van der Waals surface area contributed by atoms with Crippen molar-refractivity contribution in [3.63, 3.8) is 0 Å². The second-order valence-corrected chi connectivity index (χ2v) is 4.53. The summed E-state index contributed by atoms with van der Waals surface area (Å²) < 4.78 is 16.3. The Morgan fingerprint density at radius 2 is 2.13 bits per heavy atom. The van der Waals surface area contributed by atoms with E-state index in [1.165, 1.54) is 6.07 Å². The number of aryl methyl sites for hydroxylation is 1. The molecule has 2 rings (SSSR count). The van der Waals surface area contributed by atoms with Crippen LogP contribution in [0.2, 0.25) is 0 Å². The molecule has 1 heterocycles. The van der Waals surface area contributed by atoms with Gasteiger partial charge in [-0.1, -0.05) is 15.9 Å². The summed E-state index contributed by atoms with van der Waals surface area (Å²) in [6.45, 7) is 2.38. The SMILES string of the molecule is Cc1c(CN)c2cc(Br)cc(F)c2n1C. The topological polar surface area (TPSA) is 30.9 Å². The number of fused-ring (bicyclic) bond motifs is 1. The third-order valence-electron chi connectivity index (χ3n) is 2.83. The van der Waals surface area contributed by atoms with E-state index in [-0.39, 0.29) is 5.82 Å². The number of halogens is 2. The Morgan fingerprint density at radius 3 is 2.73 bits per heavy atom. The first kappa shape index (κ1) is 10.6. The van der Waals surface area contributed by atoms with E-state index in [9.17, 15) is 4.39 Å². The maximum atomic E-state index is 13.7. The third-order valence-corrected chi connectivity index (χ3v) is 3.29. The molecule has 1 aromatic heterocycles. The number of nitrogens with zero attached hydrogens (tertiary/aromatic N) is 1. The van der Waals surface area contributed by atoms with Crippen LogP contribution in [0.3, 0.4) is 0 Å². The first-order valence-corrected chi connectivity index (χ1v) is 5.48. The third kappa shape index (κ3) is 1.48. The van der Waals surface area contributed by atoms with Gasteiger partial charge in [0, 0.05) is 29.1 Å². The molecule has 0 saturated carbocycles. The Labute approximate surface area is 96.0 Å². The fourth-order valence-corrected chi connectivity index (χ4v) is 2.39. The molecule has 0 spiro atoms. The molecule has 2 aromatic rings. The van der Waals surface area contributed by atoms with E-state index < -0.39 is 0 Å². The van der Waals surface area contributed by atoms with Gasteiger partial charge in [-0.3, -0.25) is 0 Å². The molecule has 0 aliphatic rings. The lowest BCUT2D eigenvalue weighted by Gasteiger charge is -2.00. The summed E-state index contributed by atoms with van der Waals surface area (Å²) in [5.74, 6) is -0.218. The van der Waals surface area contributed by atoms with E-state index in [1.54, 1.807) is 0 Å². The molecule has 0 fully saturated rings. The highest BCUT2D eigenvalue weighted by molar-refractivity contribution is 9.10. The summed E-state index contributed by atoms with van der Waals surface area (Å²) in [6.07, 6.45) is 0. The Kier molecular flexibility index (Phi) is 2.56. The first-order chi connectivity index (χ1) is 7.06. The number of hydrogen-bond donors (Lipinski definition) is 1. The quantitative estimate of drug-likeness (QED) is 0.849. The summed E-state index contributed by atoms with van der Waals surface area (Å²) in [7, 11) is 1.85. The second kappa shape index (κ2) is 3.61. The van der Waals surface area contributed by atoms with Crippen molar-refractivity contribution in [2.45, 2.75) is 13.5 Å². The minimum absolute atomic E-state index is 0.218. The number of benzene rings is 1. The maximum Gasteiger partial charge on any atom is 0.148 e. The number of aromatic nitrogens is 1. The van der Waals surface area contributed by atoms with E-state index >= 15 is 0 Å². The van der Waals surface area contributed by atoms with Crippen molar-refractivity contribution in [2.75, 3.05) is 0 Å². The van der Waals surface area contributed by atoms with Crippen LogP contribution in [0.4, 0.5) is 4.39 Å². The lowest BCUT2D eigenvalue weighted by Crippen LogP contribution is -1.99. The largest absolute Gasteiger partial charge is 0.345 e. The predicted octanol–water partition coefficient (Wildman–Crippen LogP) is 2.85. The van der Waals surface area contributed by atoms with Gasteiger partial charge in [0.15, 0.2) is 0 Å². The van der Waals surface area contributed by atoms with Gasteiger partial charge in [0.2, 0.25) is 0 Å². The van der Waals surface area contributed by atoms with Crippen molar-refractivity contribution in [1.29, 1.82) is 0 Å². The number of rotatable bonds is 1. The van der Waals surface area contributed by atoms with E-state index in [0.717, 1.165) is 21.1 Å². The Hall–Kier alpha value is -0.870. The number of hydrogen-bond acceptors (Lipinski definition) is 1. The molecule has 0 aliphatic carbocycles. The van der Waals surface area contributed by atoms with Crippen molar-refractivity contribution >= 4 is 26.8 Å². The van der Waals surface area contributed by atoms with Gasteiger partial charge >= 0.3 is 0 Å². The van der Waals surface area contributed by atoms with Crippen molar-refractivity contribution in [3.05, 3.63) is 33.7 Å². The summed E-state index contributed by atoms with van der Waals surface area (Å²) in [4.78, 5) is 0. The van der Waals surface area contributed by atoms with Gasteiger partial charge in [0.1, 0.15) is 5.82 Å². The van der Waals surface area contributed by atoms with Crippen LogP contribution in [0.15, 0.2) is 16.6 Å². The summed E-state index contributed by atoms with van der Waals surface area (Å²) >= 11 is 3.29. The average Bonchev–Trinajstić information content (AvgIpc) is 2.39. The van der Waals surface area contributed by atoms with Crippen molar-refractivity contribution in [2.24, 2.45) is 12.8 Å². The Balaban J connectivity index is 2.97. The zero-order valence-corrected chi connectivity index (χ0v) is 10.2. The lowest BCUT2D eigenvalue weighted by atomic mass is 10.1. The van der Waals surface area contributed by atoms with E-state index in [1.807, 2.05) is 24.6 Å². The van der Waals surface area contributed by atoms with Crippen LogP contribution in [0, 0.1) is 12.7 Å². The molecule has 0 unspecified atom stereocenters. The van der Waals surface area contributed by atoms with Crippen LogP contribution in [-0.4, -0.2) is 4.57 Å². The van der Waals surface area contributed by atoms with Gasteiger partial charge < -0.3 is 10.3 Å². The molecule has 4 heteroatoms. The van der Waals surface area contributed by atoms with Gasteiger partial charge in [-0.2, -0.15) is 0 Å². The van der Waals surface area contributed by atoms with Crippen LogP contribution in [-0.2, 0) is 13.6 Å². The van der Waals surface area contributed by atoms with Crippen LogP contribution >= 0.6 is 15.9 Å². The lowest BCUT2D eigenvalue weighted by molar-refractivity contribution is 0.630. The molecule has 1 aromatic carbocycles. The molecule has 2 N–H and O–H groups in total. The molecule has 15 heavy (non-hydrogen) atoms. The summed E-state index contributed by atoms with van der Waals surface area (Å²) in [5.41, 5.74) is 8.33. The molecular weight excluding hydrogens is 259 g/mol. The monoisotopic (exact) mass is 270 g/mol. The van der Waals surface area contributed by atoms with Crippen LogP contribution < -0.4 is 5.73 Å². The minimum atomic E-state index is -0.218. The molecule has 80 valence electrons. The fourth-order valence-electron chi connectivity index (χ4n) is 1.96. The second-order valence-electron chi connectivity index (χ2n) is 3.61. The molecule has 0 bridgehead atoms. The van der Waals surface area contributed by atoms with E-state index in [2.05, 4.69) is 15.9 Å². The highest BCUT2D eigenvalue weighted by Gasteiger charge is 2.14. The minimum Gasteiger partial charge on any atom is -0.345 e. The van der Waals surface area contributed by atoms with Crippen LogP contribution in [0.25, 0.3) is 10.9 Å². The van der Waals surface area contributed by atoms with Crippen molar-refractivity contribution < 1.29 is 4.39 Å². The average molecular weight is 271 g/mol. The highest BCUT2D eigenvalue weighted by Crippen LogP contribution is 2.29. The Morgan fingerprint density at radius 1 is 1.47 bits per heavy atom. The van der Waals surface area contributed by atoms with Gasteiger partial charge in [-0.25, -0.2) is 4.39 Å². The molecule has 0 amide bonds. The maximum absolute atomic E-state index is 13.7. The van der Waals surface area contributed by atoms with Gasteiger partial charge in [0.05, 0.1) is 5.52 Å². The van der Waals surface area contributed by atoms with Crippen LogP contribution in [0.1, 0.15) is 11.3 Å². The Bertz CT molecular complexity index is 531. The zero-order valence-electron chi connectivity index (χ0n) is 8.64. The smallest absolute Gasteiger partial charge is 0.148 e. The standard InChI is InChI=1S/C11H12BrFN2/c1-6-9(5-14)8-3-7(12)4-10(13)11(8)15(6)2/h3-4H,5,14H2,1-2H3. The van der Waals surface area contributed by atoms with E-state index in [4.69, 9.17) is 5.73 Å². The molecule has 0 radical (unpaired) electrons. The van der Waals surface area contributed by atoms with Crippen LogP contribution in [0.5, 0.6) is 0 Å². The van der Waals surface area contributed by atoms with Gasteiger partial charge in [0.25, 0.3) is 0 Å². The zero-order chi connectivity index (χ0) is 11.2. The molecule has 0 aliphatic heterocycles. The van der Waals surface area contributed by atoms with Gasteiger partial charge in [-0.05, 0) is 24.6 Å². The van der Waals surface area contributed by atoms with Crippen molar-refractivity contribution in [3.8, 4) is 0 Å². The molecule has 0 saturated heterocycles.